The van der Waals surface area contributed by atoms with Gasteiger partial charge < -0.3 is 10.5 Å². The van der Waals surface area contributed by atoms with Crippen molar-refractivity contribution in [2.75, 3.05) is 12.8 Å². The van der Waals surface area contributed by atoms with Gasteiger partial charge in [-0.3, -0.25) is 0 Å². The average molecular weight is 312 g/mol. The van der Waals surface area contributed by atoms with Gasteiger partial charge in [-0.25, -0.2) is 13.1 Å². The van der Waals surface area contributed by atoms with Crippen LogP contribution in [0.1, 0.15) is 31.4 Å². The highest BCUT2D eigenvalue weighted by Crippen LogP contribution is 2.43. The summed E-state index contributed by atoms with van der Waals surface area (Å²) >= 11 is 0. The van der Waals surface area contributed by atoms with Crippen molar-refractivity contribution in [3.05, 3.63) is 23.3 Å². The van der Waals surface area contributed by atoms with Crippen LogP contribution < -0.4 is 10.5 Å². The van der Waals surface area contributed by atoms with E-state index in [9.17, 15) is 8.42 Å². The third-order valence-corrected chi connectivity index (χ3v) is 6.31. The fraction of sp³-hybridized carbons (Fsp3) is 0.600. The second-order valence-electron chi connectivity index (χ2n) is 6.40. The van der Waals surface area contributed by atoms with Gasteiger partial charge in [0.1, 0.15) is 4.90 Å². The maximum Gasteiger partial charge on any atom is 0.243 e. The second kappa shape index (κ2) is 5.26. The number of hydrogen-bond acceptors (Lipinski definition) is 4. The Morgan fingerprint density at radius 1 is 1.29 bits per heavy atom. The highest BCUT2D eigenvalue weighted by molar-refractivity contribution is 7.89. The van der Waals surface area contributed by atoms with E-state index in [0.29, 0.717) is 17.7 Å². The smallest absolute Gasteiger partial charge is 0.243 e. The molecule has 1 aromatic rings. The van der Waals surface area contributed by atoms with Gasteiger partial charge in [0.25, 0.3) is 0 Å². The molecular formula is C15H24N2O3S. The number of nitrogen functional groups attached to an aromatic ring is 1. The van der Waals surface area contributed by atoms with E-state index in [1.165, 1.54) is 0 Å². The van der Waals surface area contributed by atoms with Crippen molar-refractivity contribution >= 4 is 15.7 Å². The second-order valence-corrected chi connectivity index (χ2v) is 8.05. The standard InChI is InChI=1S/C15H24N2O3S/c1-9-6-7-10(2)14(13(9)16)21(18,19)17-11-8-12(20-5)15(11,3)4/h6-7,11-12,17H,8,16H2,1-5H3. The number of rotatable bonds is 4. The van der Waals surface area contributed by atoms with E-state index in [1.54, 1.807) is 20.1 Å². The van der Waals surface area contributed by atoms with E-state index < -0.39 is 10.0 Å². The van der Waals surface area contributed by atoms with Crippen LogP contribution in [0.2, 0.25) is 0 Å². The van der Waals surface area contributed by atoms with Crippen molar-refractivity contribution in [1.82, 2.24) is 4.72 Å². The van der Waals surface area contributed by atoms with Gasteiger partial charge in [0, 0.05) is 18.6 Å². The van der Waals surface area contributed by atoms with Crippen molar-refractivity contribution in [2.45, 2.75) is 51.2 Å². The summed E-state index contributed by atoms with van der Waals surface area (Å²) < 4.78 is 33.5. The number of hydrogen-bond donors (Lipinski definition) is 2. The molecule has 0 saturated heterocycles. The zero-order valence-electron chi connectivity index (χ0n) is 13.2. The van der Waals surface area contributed by atoms with Crippen LogP contribution in [0.5, 0.6) is 0 Å². The van der Waals surface area contributed by atoms with E-state index in [-0.39, 0.29) is 22.5 Å². The van der Waals surface area contributed by atoms with Gasteiger partial charge in [-0.15, -0.1) is 0 Å². The Kier molecular flexibility index (Phi) is 4.08. The third-order valence-electron chi connectivity index (χ3n) is 4.64. The lowest BCUT2D eigenvalue weighted by Crippen LogP contribution is -2.61. The monoisotopic (exact) mass is 312 g/mol. The molecule has 5 nitrogen and oxygen atoms in total. The number of ether oxygens (including phenoxy) is 1. The molecule has 2 atom stereocenters. The fourth-order valence-electron chi connectivity index (χ4n) is 2.90. The van der Waals surface area contributed by atoms with Crippen molar-refractivity contribution < 1.29 is 13.2 Å². The molecule has 3 N–H and O–H groups in total. The Balaban J connectivity index is 2.31. The third kappa shape index (κ3) is 2.67. The number of benzene rings is 1. The van der Waals surface area contributed by atoms with Gasteiger partial charge in [-0.05, 0) is 31.4 Å². The maximum absolute atomic E-state index is 12.7. The lowest BCUT2D eigenvalue weighted by atomic mass is 9.65. The van der Waals surface area contributed by atoms with Gasteiger partial charge in [-0.2, -0.15) is 0 Å². The summed E-state index contributed by atoms with van der Waals surface area (Å²) in [6.45, 7) is 7.57. The summed E-state index contributed by atoms with van der Waals surface area (Å²) in [6, 6.07) is 3.47. The predicted octanol–water partition coefficient (Wildman–Crippen LogP) is 1.98. The fourth-order valence-corrected chi connectivity index (χ4v) is 4.73. The molecule has 1 aromatic carbocycles. The first-order valence-electron chi connectivity index (χ1n) is 7.02. The SMILES string of the molecule is COC1CC(NS(=O)(=O)c2c(C)ccc(C)c2N)C1(C)C. The molecule has 2 rings (SSSR count). The lowest BCUT2D eigenvalue weighted by molar-refractivity contribution is -0.0908. The first-order chi connectivity index (χ1) is 9.61. The molecule has 0 radical (unpaired) electrons. The van der Waals surface area contributed by atoms with Crippen LogP contribution in [0.3, 0.4) is 0 Å². The Morgan fingerprint density at radius 3 is 2.38 bits per heavy atom. The van der Waals surface area contributed by atoms with Crippen LogP contribution in [0.4, 0.5) is 5.69 Å². The molecule has 0 aliphatic heterocycles. The molecule has 0 bridgehead atoms. The number of sulfonamides is 1. The van der Waals surface area contributed by atoms with Gasteiger partial charge in [0.15, 0.2) is 0 Å². The van der Waals surface area contributed by atoms with Crippen LogP contribution in [0, 0.1) is 19.3 Å². The highest BCUT2D eigenvalue weighted by atomic mass is 32.2. The minimum atomic E-state index is -3.64. The summed E-state index contributed by atoms with van der Waals surface area (Å²) in [5.41, 5.74) is 7.50. The van der Waals surface area contributed by atoms with Crippen molar-refractivity contribution in [2.24, 2.45) is 5.41 Å². The Morgan fingerprint density at radius 2 is 1.86 bits per heavy atom. The van der Waals surface area contributed by atoms with Crippen LogP contribution in [0.15, 0.2) is 17.0 Å². The maximum atomic E-state index is 12.7. The summed E-state index contributed by atoms with van der Waals surface area (Å²) in [5.74, 6) is 0. The van der Waals surface area contributed by atoms with E-state index in [1.807, 2.05) is 26.8 Å². The Bertz CT molecular complexity index is 653. The number of aryl methyl sites for hydroxylation is 2. The molecular weight excluding hydrogens is 288 g/mol. The van der Waals surface area contributed by atoms with Gasteiger partial charge in [0.05, 0.1) is 11.8 Å². The molecule has 0 aromatic heterocycles. The molecule has 1 saturated carbocycles. The average Bonchev–Trinajstić information content (AvgIpc) is 2.38. The molecule has 118 valence electrons. The van der Waals surface area contributed by atoms with E-state index in [0.717, 1.165) is 5.56 Å². The number of nitrogens with one attached hydrogen (secondary N) is 1. The highest BCUT2D eigenvalue weighted by Gasteiger charge is 2.50. The van der Waals surface area contributed by atoms with E-state index in [2.05, 4.69) is 4.72 Å². The number of anilines is 1. The molecule has 0 spiro atoms. The van der Waals surface area contributed by atoms with Crippen molar-refractivity contribution in [3.8, 4) is 0 Å². The van der Waals surface area contributed by atoms with Crippen LogP contribution >= 0.6 is 0 Å². The van der Waals surface area contributed by atoms with Crippen LogP contribution in [-0.4, -0.2) is 27.7 Å². The zero-order chi connectivity index (χ0) is 16.0. The molecule has 0 amide bonds. The molecule has 1 aliphatic rings. The number of nitrogens with two attached hydrogens (primary N) is 1. The largest absolute Gasteiger partial charge is 0.397 e. The summed E-state index contributed by atoms with van der Waals surface area (Å²) in [7, 11) is -1.98. The minimum absolute atomic E-state index is 0.0705. The Hall–Kier alpha value is -1.11. The Labute approximate surface area is 126 Å². The lowest BCUT2D eigenvalue weighted by Gasteiger charge is -2.51. The van der Waals surface area contributed by atoms with Gasteiger partial charge in [-0.1, -0.05) is 26.0 Å². The van der Waals surface area contributed by atoms with Crippen LogP contribution in [0.25, 0.3) is 0 Å². The normalized spacial score (nSPS) is 24.6. The minimum Gasteiger partial charge on any atom is -0.397 e. The molecule has 1 fully saturated rings. The zero-order valence-corrected chi connectivity index (χ0v) is 14.0. The molecule has 21 heavy (non-hydrogen) atoms. The summed E-state index contributed by atoms with van der Waals surface area (Å²) in [6.07, 6.45) is 0.745. The molecule has 1 aliphatic carbocycles. The first-order valence-corrected chi connectivity index (χ1v) is 8.50. The van der Waals surface area contributed by atoms with E-state index >= 15 is 0 Å². The van der Waals surface area contributed by atoms with Crippen molar-refractivity contribution in [3.63, 3.8) is 0 Å². The number of methoxy groups -OCH3 is 1. The topological polar surface area (TPSA) is 81.4 Å². The van der Waals surface area contributed by atoms with Crippen molar-refractivity contribution in [1.29, 1.82) is 0 Å². The quantitative estimate of drug-likeness (QED) is 0.833. The van der Waals surface area contributed by atoms with Gasteiger partial charge in [0.2, 0.25) is 10.0 Å². The van der Waals surface area contributed by atoms with E-state index in [4.69, 9.17) is 10.5 Å². The van der Waals surface area contributed by atoms with Gasteiger partial charge >= 0.3 is 0 Å². The molecule has 6 heteroatoms. The summed E-state index contributed by atoms with van der Waals surface area (Å²) in [4.78, 5) is 0.194. The molecule has 2 unspecified atom stereocenters. The molecule has 0 heterocycles. The summed E-state index contributed by atoms with van der Waals surface area (Å²) in [5, 5.41) is 0. The predicted molar refractivity (Wildman–Crippen MR) is 83.6 cm³/mol. The first kappa shape index (κ1) is 16.3. The van der Waals surface area contributed by atoms with Crippen LogP contribution in [-0.2, 0) is 14.8 Å².